The van der Waals surface area contributed by atoms with Crippen LogP contribution in [-0.4, -0.2) is 46.1 Å². The quantitative estimate of drug-likeness (QED) is 0.422. The van der Waals surface area contributed by atoms with Crippen LogP contribution in [0.3, 0.4) is 0 Å². The van der Waals surface area contributed by atoms with Gasteiger partial charge in [-0.05, 0) is 31.7 Å². The second kappa shape index (κ2) is 9.31. The van der Waals surface area contributed by atoms with E-state index in [-0.39, 0.29) is 18.1 Å². The molecular formula is C15H21NO4S. The Hall–Kier alpha value is -1.66. The Kier molecular flexibility index (Phi) is 7.71. The summed E-state index contributed by atoms with van der Waals surface area (Å²) in [5.74, 6) is -0.573. The fraction of sp³-hybridized carbons (Fsp3) is 0.400. The fourth-order valence-electron chi connectivity index (χ4n) is 1.62. The lowest BCUT2D eigenvalue weighted by Crippen LogP contribution is -2.20. The van der Waals surface area contributed by atoms with Crippen molar-refractivity contribution in [1.82, 2.24) is 5.32 Å². The minimum Gasteiger partial charge on any atom is -0.461 e. The number of nitrogens with one attached hydrogen (secondary N) is 1. The highest BCUT2D eigenvalue weighted by Crippen LogP contribution is 2.01. The first-order valence-corrected chi connectivity index (χ1v) is 8.60. The van der Waals surface area contributed by atoms with Gasteiger partial charge in [-0.1, -0.05) is 30.3 Å². The highest BCUT2D eigenvalue weighted by atomic mass is 32.2. The van der Waals surface area contributed by atoms with Gasteiger partial charge in [0, 0.05) is 6.08 Å². The van der Waals surface area contributed by atoms with E-state index in [0.717, 1.165) is 5.56 Å². The van der Waals surface area contributed by atoms with E-state index in [2.05, 4.69) is 5.32 Å². The molecular weight excluding hydrogens is 290 g/mol. The van der Waals surface area contributed by atoms with Crippen LogP contribution in [0.25, 0.3) is 6.08 Å². The third kappa shape index (κ3) is 8.27. The molecule has 0 amide bonds. The van der Waals surface area contributed by atoms with Gasteiger partial charge in [0.25, 0.3) is 0 Å². The zero-order valence-corrected chi connectivity index (χ0v) is 12.9. The van der Waals surface area contributed by atoms with Crippen LogP contribution in [0.1, 0.15) is 12.0 Å². The van der Waals surface area contributed by atoms with E-state index in [1.165, 1.54) is 6.08 Å². The van der Waals surface area contributed by atoms with Gasteiger partial charge in [-0.3, -0.25) is 0 Å². The van der Waals surface area contributed by atoms with E-state index in [1.807, 2.05) is 30.3 Å². The van der Waals surface area contributed by atoms with Crippen LogP contribution >= 0.6 is 0 Å². The number of sulfone groups is 1. The molecule has 1 aromatic carbocycles. The second-order valence-electron chi connectivity index (χ2n) is 4.52. The van der Waals surface area contributed by atoms with Crippen LogP contribution in [-0.2, 0) is 19.4 Å². The summed E-state index contributed by atoms with van der Waals surface area (Å²) in [4.78, 5) is 11.4. The van der Waals surface area contributed by atoms with Gasteiger partial charge in [0.1, 0.15) is 6.61 Å². The first-order valence-electron chi connectivity index (χ1n) is 6.78. The lowest BCUT2D eigenvalue weighted by atomic mass is 10.2. The maximum absolute atomic E-state index is 11.6. The average molecular weight is 311 g/mol. The van der Waals surface area contributed by atoms with E-state index in [9.17, 15) is 13.2 Å². The third-order valence-corrected chi connectivity index (χ3v) is 4.43. The van der Waals surface area contributed by atoms with Crippen LogP contribution < -0.4 is 5.32 Å². The van der Waals surface area contributed by atoms with Crippen LogP contribution in [0.2, 0.25) is 0 Å². The summed E-state index contributed by atoms with van der Waals surface area (Å²) < 4.78 is 28.1. The van der Waals surface area contributed by atoms with Crippen molar-refractivity contribution in [3.05, 3.63) is 42.0 Å². The highest BCUT2D eigenvalue weighted by molar-refractivity contribution is 7.91. The smallest absolute Gasteiger partial charge is 0.330 e. The van der Waals surface area contributed by atoms with Crippen LogP contribution in [0.15, 0.2) is 36.4 Å². The second-order valence-corrected chi connectivity index (χ2v) is 6.82. The van der Waals surface area contributed by atoms with Gasteiger partial charge in [0.2, 0.25) is 0 Å². The number of hydrogen-bond acceptors (Lipinski definition) is 5. The lowest BCUT2D eigenvalue weighted by Gasteiger charge is -2.04. The normalized spacial score (nSPS) is 11.7. The number of carbonyl (C=O) groups excluding carboxylic acids is 1. The zero-order valence-electron chi connectivity index (χ0n) is 12.1. The van der Waals surface area contributed by atoms with E-state index < -0.39 is 15.8 Å². The summed E-state index contributed by atoms with van der Waals surface area (Å²) >= 11 is 0. The molecule has 0 saturated carbocycles. The van der Waals surface area contributed by atoms with Crippen molar-refractivity contribution in [3.8, 4) is 0 Å². The van der Waals surface area contributed by atoms with E-state index >= 15 is 0 Å². The van der Waals surface area contributed by atoms with Gasteiger partial charge >= 0.3 is 5.97 Å². The molecule has 0 aliphatic heterocycles. The monoisotopic (exact) mass is 311 g/mol. The first-order chi connectivity index (χ1) is 10.0. The van der Waals surface area contributed by atoms with Gasteiger partial charge in [-0.15, -0.1) is 0 Å². The Labute approximate surface area is 125 Å². The molecule has 5 nitrogen and oxygen atoms in total. The molecule has 0 heterocycles. The van der Waals surface area contributed by atoms with Gasteiger partial charge in [0.15, 0.2) is 9.84 Å². The van der Waals surface area contributed by atoms with Gasteiger partial charge < -0.3 is 10.1 Å². The number of benzene rings is 1. The maximum atomic E-state index is 11.6. The van der Waals surface area contributed by atoms with E-state index in [4.69, 9.17) is 4.74 Å². The number of carbonyl (C=O) groups is 1. The molecule has 21 heavy (non-hydrogen) atoms. The van der Waals surface area contributed by atoms with Crippen LogP contribution in [0.5, 0.6) is 0 Å². The van der Waals surface area contributed by atoms with Crippen molar-refractivity contribution >= 4 is 21.9 Å². The van der Waals surface area contributed by atoms with Crippen LogP contribution in [0, 0.1) is 0 Å². The average Bonchev–Trinajstić information content (AvgIpc) is 2.46. The maximum Gasteiger partial charge on any atom is 0.330 e. The predicted octanol–water partition coefficient (Wildman–Crippen LogP) is 1.27. The summed E-state index contributed by atoms with van der Waals surface area (Å²) in [6.45, 7) is 0.540. The summed E-state index contributed by atoms with van der Waals surface area (Å²) in [6.07, 6.45) is 3.48. The minimum atomic E-state index is -3.16. The van der Waals surface area contributed by atoms with Crippen molar-refractivity contribution in [2.75, 3.05) is 31.7 Å². The molecule has 116 valence electrons. The summed E-state index contributed by atoms with van der Waals surface area (Å²) in [7, 11) is -1.39. The summed E-state index contributed by atoms with van der Waals surface area (Å²) in [5.41, 5.74) is 0.883. The standard InChI is InChI=1S/C15H21NO4S/c1-16-10-5-12-21(18,19)13-11-20-15(17)9-8-14-6-3-2-4-7-14/h2-4,6-9,16H,5,10-13H2,1H3/b9-8+. The minimum absolute atomic E-state index is 0.102. The highest BCUT2D eigenvalue weighted by Gasteiger charge is 2.11. The van der Waals surface area contributed by atoms with Gasteiger partial charge in [-0.2, -0.15) is 0 Å². The number of ether oxygens (including phenoxy) is 1. The Balaban J connectivity index is 2.29. The summed E-state index contributed by atoms with van der Waals surface area (Å²) in [6, 6.07) is 9.33. The molecule has 0 radical (unpaired) electrons. The summed E-state index contributed by atoms with van der Waals surface area (Å²) in [5, 5.41) is 2.89. The molecule has 0 saturated heterocycles. The largest absolute Gasteiger partial charge is 0.461 e. The molecule has 0 aliphatic carbocycles. The lowest BCUT2D eigenvalue weighted by molar-refractivity contribution is -0.137. The van der Waals surface area contributed by atoms with E-state index in [0.29, 0.717) is 13.0 Å². The van der Waals surface area contributed by atoms with Crippen molar-refractivity contribution in [2.24, 2.45) is 0 Å². The Morgan fingerprint density at radius 1 is 1.24 bits per heavy atom. The van der Waals surface area contributed by atoms with Crippen molar-refractivity contribution in [3.63, 3.8) is 0 Å². The number of esters is 1. The molecule has 0 fully saturated rings. The van der Waals surface area contributed by atoms with Gasteiger partial charge in [-0.25, -0.2) is 13.2 Å². The first kappa shape index (κ1) is 17.4. The molecule has 1 N–H and O–H groups in total. The molecule has 0 bridgehead atoms. The molecule has 6 heteroatoms. The van der Waals surface area contributed by atoms with Gasteiger partial charge in [0.05, 0.1) is 11.5 Å². The molecule has 0 spiro atoms. The van der Waals surface area contributed by atoms with E-state index in [1.54, 1.807) is 13.1 Å². The van der Waals surface area contributed by atoms with Crippen molar-refractivity contribution in [1.29, 1.82) is 0 Å². The Morgan fingerprint density at radius 2 is 1.95 bits per heavy atom. The molecule has 0 atom stereocenters. The molecule has 0 unspecified atom stereocenters. The van der Waals surface area contributed by atoms with Crippen molar-refractivity contribution in [2.45, 2.75) is 6.42 Å². The fourth-order valence-corrected chi connectivity index (χ4v) is 2.74. The van der Waals surface area contributed by atoms with Crippen LogP contribution in [0.4, 0.5) is 0 Å². The topological polar surface area (TPSA) is 72.5 Å². The molecule has 1 rings (SSSR count). The number of rotatable bonds is 9. The third-order valence-electron chi connectivity index (χ3n) is 2.73. The Bertz CT molecular complexity index is 552. The number of hydrogen-bond donors (Lipinski definition) is 1. The molecule has 0 aromatic heterocycles. The predicted molar refractivity (Wildman–Crippen MR) is 83.6 cm³/mol. The Morgan fingerprint density at radius 3 is 2.62 bits per heavy atom. The molecule has 0 aliphatic rings. The SMILES string of the molecule is CNCCCS(=O)(=O)CCOC(=O)/C=C/c1ccccc1. The zero-order chi connectivity index (χ0) is 15.6. The molecule has 1 aromatic rings. The van der Waals surface area contributed by atoms with Crippen molar-refractivity contribution < 1.29 is 17.9 Å².